The van der Waals surface area contributed by atoms with Crippen LogP contribution in [0.4, 0.5) is 0 Å². The van der Waals surface area contributed by atoms with Crippen LogP contribution in [0, 0.1) is 0 Å². The predicted molar refractivity (Wildman–Crippen MR) is 88.0 cm³/mol. The SMILES string of the molecule is O=C(c1ccc(Br)o1)N1CCc2[nH]c3ccccc3c2CC1. The lowest BCUT2D eigenvalue weighted by Gasteiger charge is -2.18. The van der Waals surface area contributed by atoms with Crippen LogP contribution in [0.5, 0.6) is 0 Å². The maximum atomic E-state index is 12.5. The highest BCUT2D eigenvalue weighted by Crippen LogP contribution is 2.26. The van der Waals surface area contributed by atoms with Crippen molar-refractivity contribution < 1.29 is 9.21 Å². The number of hydrogen-bond donors (Lipinski definition) is 1. The van der Waals surface area contributed by atoms with Gasteiger partial charge in [-0.1, -0.05) is 18.2 Å². The van der Waals surface area contributed by atoms with Crippen LogP contribution in [0.1, 0.15) is 21.8 Å². The average molecular weight is 359 g/mol. The summed E-state index contributed by atoms with van der Waals surface area (Å²) < 4.78 is 5.97. The van der Waals surface area contributed by atoms with E-state index in [1.807, 2.05) is 11.0 Å². The molecule has 2 aromatic heterocycles. The lowest BCUT2D eigenvalue weighted by atomic mass is 10.1. The monoisotopic (exact) mass is 358 g/mol. The van der Waals surface area contributed by atoms with Gasteiger partial charge in [0.25, 0.3) is 5.91 Å². The van der Waals surface area contributed by atoms with Gasteiger partial charge in [-0.25, -0.2) is 0 Å². The van der Waals surface area contributed by atoms with Crippen LogP contribution in [0.3, 0.4) is 0 Å². The third-order valence-corrected chi connectivity index (χ3v) is 4.66. The van der Waals surface area contributed by atoms with Crippen molar-refractivity contribution >= 4 is 32.7 Å². The Morgan fingerprint density at radius 2 is 1.95 bits per heavy atom. The molecule has 1 aromatic carbocycles. The highest BCUT2D eigenvalue weighted by molar-refractivity contribution is 9.10. The highest BCUT2D eigenvalue weighted by atomic mass is 79.9. The molecule has 112 valence electrons. The van der Waals surface area contributed by atoms with Crippen molar-refractivity contribution in [2.75, 3.05) is 13.1 Å². The van der Waals surface area contributed by atoms with E-state index in [1.165, 1.54) is 22.2 Å². The van der Waals surface area contributed by atoms with Crippen LogP contribution < -0.4 is 0 Å². The topological polar surface area (TPSA) is 49.2 Å². The van der Waals surface area contributed by atoms with Crippen LogP contribution in [0.15, 0.2) is 45.5 Å². The first-order chi connectivity index (χ1) is 10.7. The molecule has 0 saturated heterocycles. The molecule has 0 bridgehead atoms. The van der Waals surface area contributed by atoms with Crippen LogP contribution in [-0.2, 0) is 12.8 Å². The fourth-order valence-electron chi connectivity index (χ4n) is 3.15. The van der Waals surface area contributed by atoms with Gasteiger partial charge in [-0.2, -0.15) is 0 Å². The zero-order chi connectivity index (χ0) is 15.1. The number of aromatic amines is 1. The number of fused-ring (bicyclic) bond motifs is 3. The van der Waals surface area contributed by atoms with E-state index in [4.69, 9.17) is 4.42 Å². The molecule has 22 heavy (non-hydrogen) atoms. The molecular weight excluding hydrogens is 344 g/mol. The number of furan rings is 1. The molecule has 1 aliphatic heterocycles. The number of H-pyrrole nitrogens is 1. The molecule has 4 rings (SSSR count). The number of benzene rings is 1. The molecule has 5 heteroatoms. The molecule has 1 N–H and O–H groups in total. The number of carbonyl (C=O) groups excluding carboxylic acids is 1. The molecule has 4 nitrogen and oxygen atoms in total. The van der Waals surface area contributed by atoms with Crippen molar-refractivity contribution in [2.24, 2.45) is 0 Å². The summed E-state index contributed by atoms with van der Waals surface area (Å²) >= 11 is 3.24. The molecule has 0 spiro atoms. The van der Waals surface area contributed by atoms with Gasteiger partial charge in [0.1, 0.15) is 0 Å². The summed E-state index contributed by atoms with van der Waals surface area (Å²) in [4.78, 5) is 17.9. The second kappa shape index (κ2) is 5.32. The Hall–Kier alpha value is -2.01. The Morgan fingerprint density at radius 3 is 2.77 bits per heavy atom. The summed E-state index contributed by atoms with van der Waals surface area (Å²) in [6.07, 6.45) is 1.71. The number of hydrogen-bond acceptors (Lipinski definition) is 2. The lowest BCUT2D eigenvalue weighted by molar-refractivity contribution is 0.0729. The van der Waals surface area contributed by atoms with Crippen molar-refractivity contribution in [3.63, 3.8) is 0 Å². The van der Waals surface area contributed by atoms with Crippen molar-refractivity contribution in [3.05, 3.63) is 58.1 Å². The Kier molecular flexibility index (Phi) is 3.30. The molecule has 3 heterocycles. The molecule has 0 saturated carbocycles. The molecule has 0 atom stereocenters. The molecule has 1 amide bonds. The van der Waals surface area contributed by atoms with E-state index in [0.29, 0.717) is 23.5 Å². The number of nitrogens with one attached hydrogen (secondary N) is 1. The minimum Gasteiger partial charge on any atom is -0.444 e. The third kappa shape index (κ3) is 2.25. The summed E-state index contributed by atoms with van der Waals surface area (Å²) in [6, 6.07) is 11.8. The largest absolute Gasteiger partial charge is 0.444 e. The van der Waals surface area contributed by atoms with Crippen molar-refractivity contribution in [3.8, 4) is 0 Å². The zero-order valence-corrected chi connectivity index (χ0v) is 13.5. The summed E-state index contributed by atoms with van der Waals surface area (Å²) in [5.41, 5.74) is 3.77. The van der Waals surface area contributed by atoms with Gasteiger partial charge >= 0.3 is 0 Å². The summed E-state index contributed by atoms with van der Waals surface area (Å²) in [5.74, 6) is 0.349. The van der Waals surface area contributed by atoms with E-state index in [2.05, 4.69) is 39.1 Å². The van der Waals surface area contributed by atoms with E-state index >= 15 is 0 Å². The summed E-state index contributed by atoms with van der Waals surface area (Å²) in [6.45, 7) is 1.42. The van der Waals surface area contributed by atoms with Crippen molar-refractivity contribution in [2.45, 2.75) is 12.8 Å². The van der Waals surface area contributed by atoms with E-state index in [9.17, 15) is 4.79 Å². The van der Waals surface area contributed by atoms with Gasteiger partial charge in [0.05, 0.1) is 0 Å². The second-order valence-electron chi connectivity index (χ2n) is 5.52. The number of para-hydroxylation sites is 1. The van der Waals surface area contributed by atoms with Crippen LogP contribution in [0.2, 0.25) is 0 Å². The van der Waals surface area contributed by atoms with Crippen LogP contribution in [0.25, 0.3) is 10.9 Å². The van der Waals surface area contributed by atoms with Gasteiger partial charge in [-0.15, -0.1) is 0 Å². The first-order valence-corrected chi connectivity index (χ1v) is 8.15. The smallest absolute Gasteiger partial charge is 0.289 e. The molecule has 0 fully saturated rings. The average Bonchev–Trinajstić information content (AvgIpc) is 3.05. The van der Waals surface area contributed by atoms with Gasteiger partial charge in [0.2, 0.25) is 0 Å². The normalized spacial score (nSPS) is 14.9. The number of carbonyl (C=O) groups is 1. The Balaban J connectivity index is 1.60. The zero-order valence-electron chi connectivity index (χ0n) is 11.9. The minimum atomic E-state index is -0.0415. The van der Waals surface area contributed by atoms with Crippen molar-refractivity contribution in [1.82, 2.24) is 9.88 Å². The summed E-state index contributed by atoms with van der Waals surface area (Å²) in [5, 5.41) is 1.27. The van der Waals surface area contributed by atoms with Gasteiger partial charge in [-0.05, 0) is 46.1 Å². The van der Waals surface area contributed by atoms with E-state index < -0.39 is 0 Å². The number of nitrogens with zero attached hydrogens (tertiary/aromatic N) is 1. The molecule has 1 aliphatic rings. The fraction of sp³-hybridized carbons (Fsp3) is 0.235. The Labute approximate surface area is 136 Å². The standard InChI is InChI=1S/C17H15BrN2O2/c18-16-6-5-15(22-16)17(21)20-9-7-12-11-3-1-2-4-13(11)19-14(12)8-10-20/h1-6,19H,7-10H2. The number of aromatic nitrogens is 1. The van der Waals surface area contributed by atoms with E-state index in [1.54, 1.807) is 12.1 Å². The maximum absolute atomic E-state index is 12.5. The molecule has 0 unspecified atom stereocenters. The van der Waals surface area contributed by atoms with E-state index in [-0.39, 0.29) is 5.91 Å². The first kappa shape index (κ1) is 13.6. The van der Waals surface area contributed by atoms with Gasteiger partial charge in [0.15, 0.2) is 10.4 Å². The second-order valence-corrected chi connectivity index (χ2v) is 6.31. The lowest BCUT2D eigenvalue weighted by Crippen LogP contribution is -2.33. The third-order valence-electron chi connectivity index (χ3n) is 4.24. The quantitative estimate of drug-likeness (QED) is 0.719. The highest BCUT2D eigenvalue weighted by Gasteiger charge is 2.23. The van der Waals surface area contributed by atoms with Crippen LogP contribution in [-0.4, -0.2) is 28.9 Å². The molecule has 0 radical (unpaired) electrons. The molecule has 0 aliphatic carbocycles. The van der Waals surface area contributed by atoms with Crippen LogP contribution >= 0.6 is 15.9 Å². The molecular formula is C17H15BrN2O2. The van der Waals surface area contributed by atoms with Gasteiger partial charge < -0.3 is 14.3 Å². The number of rotatable bonds is 1. The van der Waals surface area contributed by atoms with E-state index in [0.717, 1.165) is 12.8 Å². The van der Waals surface area contributed by atoms with Crippen molar-refractivity contribution in [1.29, 1.82) is 0 Å². The fourth-order valence-corrected chi connectivity index (χ4v) is 3.45. The minimum absolute atomic E-state index is 0.0415. The maximum Gasteiger partial charge on any atom is 0.289 e. The molecule has 3 aromatic rings. The first-order valence-electron chi connectivity index (χ1n) is 7.35. The Bertz CT molecular complexity index is 849. The predicted octanol–water partition coefficient (Wildman–Crippen LogP) is 3.76. The van der Waals surface area contributed by atoms with Gasteiger partial charge in [-0.3, -0.25) is 4.79 Å². The summed E-state index contributed by atoms with van der Waals surface area (Å²) in [7, 11) is 0. The van der Waals surface area contributed by atoms with Gasteiger partial charge in [0, 0.05) is 36.1 Å². The number of halogens is 1. The Morgan fingerprint density at radius 1 is 1.14 bits per heavy atom. The number of amides is 1.